The van der Waals surface area contributed by atoms with Crippen molar-refractivity contribution in [3.63, 3.8) is 0 Å². The molecule has 6 heteroatoms. The summed E-state index contributed by atoms with van der Waals surface area (Å²) >= 11 is 0. The maximum atomic E-state index is 11.8. The monoisotopic (exact) mass is 247 g/mol. The highest BCUT2D eigenvalue weighted by atomic mass is 32.2. The zero-order valence-corrected chi connectivity index (χ0v) is 9.95. The summed E-state index contributed by atoms with van der Waals surface area (Å²) in [6, 6.07) is 0.0677. The molecular formula is C10H17NO4S. The van der Waals surface area contributed by atoms with Crippen molar-refractivity contribution in [2.24, 2.45) is 5.92 Å². The van der Waals surface area contributed by atoms with Crippen molar-refractivity contribution in [2.45, 2.75) is 38.1 Å². The van der Waals surface area contributed by atoms with Gasteiger partial charge in [0.1, 0.15) is 0 Å². The van der Waals surface area contributed by atoms with Crippen LogP contribution in [0.3, 0.4) is 0 Å². The molecular weight excluding hydrogens is 230 g/mol. The maximum Gasteiger partial charge on any atom is 0.320 e. The van der Waals surface area contributed by atoms with Crippen LogP contribution in [0.25, 0.3) is 0 Å². The van der Waals surface area contributed by atoms with Gasteiger partial charge < -0.3 is 5.11 Å². The van der Waals surface area contributed by atoms with Gasteiger partial charge in [0.15, 0.2) is 5.75 Å². The molecule has 1 aliphatic carbocycles. The average molecular weight is 247 g/mol. The van der Waals surface area contributed by atoms with Gasteiger partial charge in [-0.05, 0) is 25.2 Å². The van der Waals surface area contributed by atoms with Crippen LogP contribution in [-0.2, 0) is 14.8 Å². The first-order valence-corrected chi connectivity index (χ1v) is 7.33. The lowest BCUT2D eigenvalue weighted by Crippen LogP contribution is -2.41. The molecule has 0 aromatic carbocycles. The van der Waals surface area contributed by atoms with Crippen LogP contribution in [0.4, 0.5) is 0 Å². The first-order chi connectivity index (χ1) is 7.50. The highest BCUT2D eigenvalue weighted by Crippen LogP contribution is 2.37. The van der Waals surface area contributed by atoms with Gasteiger partial charge in [0.2, 0.25) is 10.0 Å². The minimum absolute atomic E-state index is 0.0677. The van der Waals surface area contributed by atoms with Gasteiger partial charge in [-0.2, -0.15) is 4.31 Å². The Kier molecular flexibility index (Phi) is 3.21. The molecule has 1 saturated heterocycles. The van der Waals surface area contributed by atoms with Gasteiger partial charge in [0.05, 0.1) is 0 Å². The molecule has 1 aliphatic heterocycles. The lowest BCUT2D eigenvalue weighted by Gasteiger charge is -2.30. The molecule has 0 radical (unpaired) electrons. The molecule has 0 bridgehead atoms. The summed E-state index contributed by atoms with van der Waals surface area (Å²) in [5.41, 5.74) is 0. The fraction of sp³-hybridized carbons (Fsp3) is 0.900. The average Bonchev–Trinajstić information content (AvgIpc) is 2.59. The van der Waals surface area contributed by atoms with Crippen LogP contribution in [0.15, 0.2) is 0 Å². The number of aliphatic carboxylic acids is 1. The first-order valence-electron chi connectivity index (χ1n) is 5.72. The molecule has 5 nitrogen and oxygen atoms in total. The molecule has 92 valence electrons. The van der Waals surface area contributed by atoms with Gasteiger partial charge in [-0.25, -0.2) is 8.42 Å². The number of rotatable bonds is 3. The van der Waals surface area contributed by atoms with Crippen LogP contribution >= 0.6 is 0 Å². The predicted molar refractivity (Wildman–Crippen MR) is 58.5 cm³/mol. The fourth-order valence-corrected chi connectivity index (χ4v) is 4.50. The van der Waals surface area contributed by atoms with E-state index in [0.717, 1.165) is 25.7 Å². The number of carboxylic acid groups (broad SMARTS) is 1. The maximum absolute atomic E-state index is 11.8. The molecule has 2 atom stereocenters. The molecule has 0 aromatic heterocycles. The van der Waals surface area contributed by atoms with Gasteiger partial charge in [-0.15, -0.1) is 0 Å². The van der Waals surface area contributed by atoms with Gasteiger partial charge in [0.25, 0.3) is 0 Å². The third-order valence-electron chi connectivity index (χ3n) is 3.62. The zero-order valence-electron chi connectivity index (χ0n) is 9.13. The van der Waals surface area contributed by atoms with E-state index < -0.39 is 21.7 Å². The molecule has 1 heterocycles. The minimum Gasteiger partial charge on any atom is -0.480 e. The molecule has 2 aliphatic rings. The topological polar surface area (TPSA) is 74.7 Å². The quantitative estimate of drug-likeness (QED) is 0.795. The van der Waals surface area contributed by atoms with E-state index in [-0.39, 0.29) is 6.04 Å². The molecule has 0 spiro atoms. The summed E-state index contributed by atoms with van der Waals surface area (Å²) in [6.07, 6.45) is 5.10. The Morgan fingerprint density at radius 1 is 1.25 bits per heavy atom. The van der Waals surface area contributed by atoms with Crippen molar-refractivity contribution in [1.29, 1.82) is 0 Å². The number of hydrogen-bond acceptors (Lipinski definition) is 3. The van der Waals surface area contributed by atoms with Crippen LogP contribution < -0.4 is 0 Å². The molecule has 2 unspecified atom stereocenters. The predicted octanol–water partition coefficient (Wildman–Crippen LogP) is 0.665. The second-order valence-electron chi connectivity index (χ2n) is 4.66. The van der Waals surface area contributed by atoms with Crippen LogP contribution in [0.2, 0.25) is 0 Å². The number of hydrogen-bond donors (Lipinski definition) is 1. The SMILES string of the molecule is O=C(O)CS(=O)(=O)N1CCC2CCCCC21. The van der Waals surface area contributed by atoms with Crippen molar-refractivity contribution in [3.8, 4) is 0 Å². The largest absolute Gasteiger partial charge is 0.480 e. The third-order valence-corrected chi connectivity index (χ3v) is 5.40. The number of carbonyl (C=O) groups is 1. The molecule has 2 rings (SSSR count). The summed E-state index contributed by atoms with van der Waals surface area (Å²) < 4.78 is 25.1. The standard InChI is InChI=1S/C10H17NO4S/c12-10(13)7-16(14,15)11-6-5-8-3-1-2-4-9(8)11/h8-9H,1-7H2,(H,12,13). The molecule has 1 saturated carbocycles. The molecule has 1 N–H and O–H groups in total. The Balaban J connectivity index is 2.12. The smallest absolute Gasteiger partial charge is 0.320 e. The third kappa shape index (κ3) is 2.22. The van der Waals surface area contributed by atoms with Crippen molar-refractivity contribution in [2.75, 3.05) is 12.3 Å². The number of fused-ring (bicyclic) bond motifs is 1. The first kappa shape index (κ1) is 11.9. The Morgan fingerprint density at radius 3 is 2.62 bits per heavy atom. The zero-order chi connectivity index (χ0) is 11.8. The van der Waals surface area contributed by atoms with Gasteiger partial charge in [-0.3, -0.25) is 4.79 Å². The lowest BCUT2D eigenvalue weighted by atomic mass is 9.86. The summed E-state index contributed by atoms with van der Waals surface area (Å²) in [6.45, 7) is 0.505. The van der Waals surface area contributed by atoms with Crippen LogP contribution in [0.1, 0.15) is 32.1 Å². The van der Waals surface area contributed by atoms with E-state index in [9.17, 15) is 13.2 Å². The summed E-state index contributed by atoms with van der Waals surface area (Å²) in [5, 5.41) is 8.60. The van der Waals surface area contributed by atoms with Gasteiger partial charge >= 0.3 is 5.97 Å². The van der Waals surface area contributed by atoms with Crippen molar-refractivity contribution in [3.05, 3.63) is 0 Å². The molecule has 0 amide bonds. The van der Waals surface area contributed by atoms with E-state index in [1.807, 2.05) is 0 Å². The highest BCUT2D eigenvalue weighted by Gasteiger charge is 2.42. The normalized spacial score (nSPS) is 31.2. The van der Waals surface area contributed by atoms with E-state index in [1.54, 1.807) is 0 Å². The van der Waals surface area contributed by atoms with Gasteiger partial charge in [-0.1, -0.05) is 12.8 Å². The second kappa shape index (κ2) is 4.33. The molecule has 0 aromatic rings. The Bertz CT molecular complexity index is 378. The number of sulfonamides is 1. The molecule has 2 fully saturated rings. The van der Waals surface area contributed by atoms with E-state index in [2.05, 4.69) is 0 Å². The van der Waals surface area contributed by atoms with Crippen LogP contribution in [-0.4, -0.2) is 42.1 Å². The van der Waals surface area contributed by atoms with Gasteiger partial charge in [0, 0.05) is 12.6 Å². The van der Waals surface area contributed by atoms with Crippen molar-refractivity contribution < 1.29 is 18.3 Å². The number of carboxylic acids is 1. The Morgan fingerprint density at radius 2 is 1.94 bits per heavy atom. The van der Waals surface area contributed by atoms with Crippen LogP contribution in [0, 0.1) is 5.92 Å². The lowest BCUT2D eigenvalue weighted by molar-refractivity contribution is -0.134. The second-order valence-corrected chi connectivity index (χ2v) is 6.58. The van der Waals surface area contributed by atoms with E-state index >= 15 is 0 Å². The van der Waals surface area contributed by atoms with Crippen LogP contribution in [0.5, 0.6) is 0 Å². The summed E-state index contributed by atoms with van der Waals surface area (Å²) in [5.74, 6) is -1.58. The summed E-state index contributed by atoms with van der Waals surface area (Å²) in [7, 11) is -3.60. The summed E-state index contributed by atoms with van der Waals surface area (Å²) in [4.78, 5) is 10.5. The fourth-order valence-electron chi connectivity index (χ4n) is 2.95. The number of nitrogens with zero attached hydrogens (tertiary/aromatic N) is 1. The minimum atomic E-state index is -3.60. The molecule has 16 heavy (non-hydrogen) atoms. The van der Waals surface area contributed by atoms with Crippen molar-refractivity contribution in [1.82, 2.24) is 4.31 Å². The van der Waals surface area contributed by atoms with E-state index in [0.29, 0.717) is 12.5 Å². The van der Waals surface area contributed by atoms with E-state index in [1.165, 1.54) is 10.7 Å². The van der Waals surface area contributed by atoms with E-state index in [4.69, 9.17) is 5.11 Å². The highest BCUT2D eigenvalue weighted by molar-refractivity contribution is 7.89. The Labute approximate surface area is 95.5 Å². The Hall–Kier alpha value is -0.620. The van der Waals surface area contributed by atoms with Crippen molar-refractivity contribution >= 4 is 16.0 Å².